The van der Waals surface area contributed by atoms with Crippen LogP contribution in [-0.2, 0) is 27.2 Å². The number of aliphatic hydroxyl groups is 4. The maximum atomic E-state index is 13.6. The zero-order chi connectivity index (χ0) is 40.7. The highest BCUT2D eigenvalue weighted by molar-refractivity contribution is 9.10. The Bertz CT molecular complexity index is 2030. The lowest BCUT2D eigenvalue weighted by atomic mass is 9.79. The molecular weight excluding hydrogens is 810 g/mol. The normalized spacial score (nSPS) is 16.2. The Morgan fingerprint density at radius 2 is 1.57 bits per heavy atom. The van der Waals surface area contributed by atoms with E-state index in [2.05, 4.69) is 28.2 Å². The highest BCUT2D eigenvalue weighted by Gasteiger charge is 2.33. The van der Waals surface area contributed by atoms with E-state index in [1.165, 1.54) is 24.2 Å². The Balaban J connectivity index is 1.17. The van der Waals surface area contributed by atoms with E-state index < -0.39 is 49.6 Å². The van der Waals surface area contributed by atoms with Crippen LogP contribution in [0.2, 0.25) is 5.02 Å². The molecule has 5 rings (SSSR count). The van der Waals surface area contributed by atoms with E-state index in [9.17, 15) is 34.8 Å². The molecule has 0 saturated heterocycles. The van der Waals surface area contributed by atoms with Gasteiger partial charge in [0.15, 0.2) is 0 Å². The second kappa shape index (κ2) is 18.9. The minimum absolute atomic E-state index is 0.00757. The van der Waals surface area contributed by atoms with E-state index >= 15 is 0 Å². The molecule has 1 aliphatic rings. The first-order valence-electron chi connectivity index (χ1n) is 18.5. The minimum atomic E-state index is -1.98. The van der Waals surface area contributed by atoms with Crippen molar-refractivity contribution in [1.29, 1.82) is 0 Å². The third-order valence-corrected chi connectivity index (χ3v) is 11.6. The molecule has 3 aromatic carbocycles. The predicted octanol–water partition coefficient (Wildman–Crippen LogP) is 5.23. The summed E-state index contributed by atoms with van der Waals surface area (Å²) in [6.45, 7) is 2.85. The Hall–Kier alpha value is -4.02. The molecule has 4 aromatic rings. The van der Waals surface area contributed by atoms with Crippen LogP contribution in [0.15, 0.2) is 59.1 Å². The van der Waals surface area contributed by atoms with Crippen molar-refractivity contribution in [2.75, 3.05) is 26.1 Å². The Morgan fingerprint density at radius 1 is 0.929 bits per heavy atom. The largest absolute Gasteiger partial charge is 0.497 e. The summed E-state index contributed by atoms with van der Waals surface area (Å²) in [5.74, 6) is -1.44. The van der Waals surface area contributed by atoms with E-state index in [0.29, 0.717) is 60.8 Å². The highest BCUT2D eigenvalue weighted by atomic mass is 79.9. The topological polar surface area (TPSA) is 203 Å². The number of benzene rings is 3. The number of esters is 2. The van der Waals surface area contributed by atoms with Crippen molar-refractivity contribution in [1.82, 2.24) is 9.88 Å². The molecule has 56 heavy (non-hydrogen) atoms. The van der Waals surface area contributed by atoms with E-state index in [1.54, 1.807) is 55.5 Å². The van der Waals surface area contributed by atoms with Crippen LogP contribution < -0.4 is 15.8 Å². The average molecular weight is 859 g/mol. The average Bonchev–Trinajstić information content (AvgIpc) is 3.48. The molecule has 4 atom stereocenters. The third-order valence-electron chi connectivity index (χ3n) is 10.7. The Labute approximate surface area is 338 Å². The van der Waals surface area contributed by atoms with Gasteiger partial charge in [0, 0.05) is 38.2 Å². The maximum absolute atomic E-state index is 13.6. The van der Waals surface area contributed by atoms with Gasteiger partial charge in [0.1, 0.15) is 43.4 Å². The van der Waals surface area contributed by atoms with Crippen LogP contribution in [-0.4, -0.2) is 93.1 Å². The number of hydrogen-bond donors (Lipinski definition) is 6. The molecule has 302 valence electrons. The summed E-state index contributed by atoms with van der Waals surface area (Å²) in [4.78, 5) is 39.7. The van der Waals surface area contributed by atoms with Crippen LogP contribution in [0.4, 0.5) is 5.69 Å². The highest BCUT2D eigenvalue weighted by Crippen LogP contribution is 2.34. The van der Waals surface area contributed by atoms with Gasteiger partial charge in [0.25, 0.3) is 5.91 Å². The van der Waals surface area contributed by atoms with Crippen molar-refractivity contribution in [3.8, 4) is 5.75 Å². The summed E-state index contributed by atoms with van der Waals surface area (Å²) in [6.07, 6.45) is -1.26. The number of halogens is 2. The van der Waals surface area contributed by atoms with Crippen LogP contribution in [0.1, 0.15) is 83.0 Å². The number of carbonyl (C=O) groups is 3. The fourth-order valence-corrected chi connectivity index (χ4v) is 7.80. The fraction of sp³-hybridized carbons (Fsp3) is 0.439. The molecule has 1 aromatic heterocycles. The number of fused-ring (bicyclic) bond motifs is 1. The van der Waals surface area contributed by atoms with Crippen LogP contribution in [0.25, 0.3) is 10.9 Å². The fourth-order valence-electron chi connectivity index (χ4n) is 7.17. The molecule has 0 spiro atoms. The van der Waals surface area contributed by atoms with Gasteiger partial charge < -0.3 is 45.7 Å². The quantitative estimate of drug-likeness (QED) is 0.0634. The number of methoxy groups -OCH3 is 1. The van der Waals surface area contributed by atoms with Gasteiger partial charge in [0.2, 0.25) is 0 Å². The van der Waals surface area contributed by atoms with Gasteiger partial charge in [-0.1, -0.05) is 37.8 Å². The smallest absolute Gasteiger partial charge is 0.338 e. The number of hydrogen-bond acceptors (Lipinski definition) is 12. The van der Waals surface area contributed by atoms with Crippen molar-refractivity contribution in [3.05, 3.63) is 92.0 Å². The summed E-state index contributed by atoms with van der Waals surface area (Å²) in [7, 11) is 1.49. The summed E-state index contributed by atoms with van der Waals surface area (Å²) in [5, 5.41) is 47.0. The number of anilines is 1. The molecule has 0 amide bonds. The maximum Gasteiger partial charge on any atom is 0.338 e. The Kier molecular flexibility index (Phi) is 14.6. The number of nitrogens with two attached hydrogens (primary N) is 1. The van der Waals surface area contributed by atoms with Gasteiger partial charge in [-0.05, 0) is 108 Å². The van der Waals surface area contributed by atoms with Crippen LogP contribution >= 0.6 is 27.5 Å². The van der Waals surface area contributed by atoms with E-state index in [-0.39, 0.29) is 23.4 Å². The first-order valence-corrected chi connectivity index (χ1v) is 19.7. The van der Waals surface area contributed by atoms with Crippen LogP contribution in [0.5, 0.6) is 5.75 Å². The van der Waals surface area contributed by atoms with Gasteiger partial charge in [-0.25, -0.2) is 4.79 Å². The molecule has 0 unspecified atom stereocenters. The number of aromatic nitrogens is 1. The number of nitrogen functional groups attached to an aromatic ring is 1. The number of nitrogens with zero attached hydrogens (tertiary/aromatic N) is 1. The van der Waals surface area contributed by atoms with Crippen molar-refractivity contribution < 1.29 is 49.0 Å². The number of rotatable bonds is 16. The van der Waals surface area contributed by atoms with E-state index in [1.807, 2.05) is 0 Å². The zero-order valence-corrected chi connectivity index (χ0v) is 33.9. The number of carbonyl (C=O) groups excluding carboxylic acids is 3. The van der Waals surface area contributed by atoms with E-state index in [4.69, 9.17) is 31.5 Å². The summed E-state index contributed by atoms with van der Waals surface area (Å²) >= 11 is 9.42. The van der Waals surface area contributed by atoms with Crippen LogP contribution in [0, 0.1) is 6.92 Å². The number of nitrogens with one attached hydrogen (secondary N) is 1. The number of aliphatic hydroxyl groups excluding tert-OH is 4. The van der Waals surface area contributed by atoms with Gasteiger partial charge >= 0.3 is 11.9 Å². The second-order valence-electron chi connectivity index (χ2n) is 14.2. The predicted molar refractivity (Wildman–Crippen MR) is 215 cm³/mol. The third kappa shape index (κ3) is 9.91. The second-order valence-corrected chi connectivity index (χ2v) is 15.5. The molecule has 1 aliphatic carbocycles. The standard InChI is InChI=1S/C41H49BrClN3O10/c1-4-41(14-6-5-7-15-41)45-20-26-16-25(17-31(42)36(26)44)40(53)56-22-34(48)38(51)37(50)33(47)21-55-35(49)19-29-23(2)46(32-13-12-28(54-3)18-30(29)32)39(52)24-8-10-27(43)11-9-24/h8-13,16-18,33-34,37-38,45,47-48,50-51H,4-7,14-15,19-22,44H2,1-3H3/t33-,34-,37-,38-/m1/s1. The molecule has 0 bridgehead atoms. The number of ether oxygens (including phenoxy) is 3. The van der Waals surface area contributed by atoms with Gasteiger partial charge in [-0.2, -0.15) is 0 Å². The van der Waals surface area contributed by atoms with Gasteiger partial charge in [-0.3, -0.25) is 14.2 Å². The molecule has 0 radical (unpaired) electrons. The van der Waals surface area contributed by atoms with Gasteiger partial charge in [-0.15, -0.1) is 0 Å². The summed E-state index contributed by atoms with van der Waals surface area (Å²) < 4.78 is 17.9. The lowest BCUT2D eigenvalue weighted by Gasteiger charge is -2.38. The monoisotopic (exact) mass is 857 g/mol. The van der Waals surface area contributed by atoms with Gasteiger partial charge in [0.05, 0.1) is 30.3 Å². The first kappa shape index (κ1) is 43.1. The Morgan fingerprint density at radius 3 is 2.20 bits per heavy atom. The first-order chi connectivity index (χ1) is 26.7. The zero-order valence-electron chi connectivity index (χ0n) is 31.6. The van der Waals surface area contributed by atoms with Crippen molar-refractivity contribution in [2.24, 2.45) is 0 Å². The summed E-state index contributed by atoms with van der Waals surface area (Å²) in [5.41, 5.74) is 9.52. The van der Waals surface area contributed by atoms with E-state index in [0.717, 1.165) is 32.1 Å². The summed E-state index contributed by atoms with van der Waals surface area (Å²) in [6, 6.07) is 14.6. The van der Waals surface area contributed by atoms with Crippen LogP contribution in [0.3, 0.4) is 0 Å². The van der Waals surface area contributed by atoms with Crippen molar-refractivity contribution in [2.45, 2.75) is 95.3 Å². The lowest BCUT2D eigenvalue weighted by molar-refractivity contribution is -0.155. The molecule has 1 heterocycles. The molecular formula is C41H49BrClN3O10. The molecule has 7 N–H and O–H groups in total. The molecule has 0 aliphatic heterocycles. The van der Waals surface area contributed by atoms with Crippen molar-refractivity contribution in [3.63, 3.8) is 0 Å². The lowest BCUT2D eigenvalue weighted by Crippen LogP contribution is -2.48. The molecule has 1 fully saturated rings. The molecule has 15 heteroatoms. The minimum Gasteiger partial charge on any atom is -0.497 e. The molecule has 13 nitrogen and oxygen atoms in total. The SMILES string of the molecule is CCC1(NCc2cc(C(=O)OC[C@@H](O)[C@@H](O)[C@H](O)[C@H](O)COC(=O)Cc3c(C)n(C(=O)c4ccc(Cl)cc4)c4ccc(OC)cc34)cc(Br)c2N)CCCCC1. The molecule has 1 saturated carbocycles. The van der Waals surface area contributed by atoms with Crippen molar-refractivity contribution >= 4 is 62.0 Å².